The maximum absolute atomic E-state index is 12.9. The number of anilines is 2. The number of tetrazole rings is 1. The minimum Gasteiger partial charge on any atom is -0.494 e. The van der Waals surface area contributed by atoms with E-state index in [2.05, 4.69) is 25.7 Å². The number of hydrogen-bond acceptors (Lipinski definition) is 9. The molecule has 0 spiro atoms. The minimum atomic E-state index is -0.104. The number of ether oxygens (including phenoxy) is 1. The maximum Gasteiger partial charge on any atom is 0.257 e. The number of pyridine rings is 2. The van der Waals surface area contributed by atoms with Crippen LogP contribution in [0.5, 0.6) is 5.75 Å². The second-order valence-corrected chi connectivity index (χ2v) is 8.25. The molecule has 1 amide bonds. The SMILES string of the molecule is COc1c(Nc2cc(Cc3cc(CO)ccn3)nc3c2C(=O)N(C)C3)cccc1-c1nnn(C)n1. The molecule has 0 atom stereocenters. The van der Waals surface area contributed by atoms with Gasteiger partial charge in [0.05, 0.1) is 55.5 Å². The Bertz CT molecular complexity index is 1420. The van der Waals surface area contributed by atoms with Crippen molar-refractivity contribution in [2.24, 2.45) is 7.05 Å². The summed E-state index contributed by atoms with van der Waals surface area (Å²) >= 11 is 0. The van der Waals surface area contributed by atoms with Crippen LogP contribution in [-0.4, -0.2) is 60.2 Å². The summed E-state index contributed by atoms with van der Waals surface area (Å²) in [7, 11) is 5.02. The van der Waals surface area contributed by atoms with Gasteiger partial charge in [0.15, 0.2) is 5.75 Å². The van der Waals surface area contributed by atoms with Crippen molar-refractivity contribution >= 4 is 17.3 Å². The summed E-state index contributed by atoms with van der Waals surface area (Å²) in [6, 6.07) is 11.0. The van der Waals surface area contributed by atoms with E-state index in [1.807, 2.05) is 30.3 Å². The Morgan fingerprint density at radius 3 is 2.74 bits per heavy atom. The number of benzene rings is 1. The van der Waals surface area contributed by atoms with Crippen LogP contribution >= 0.6 is 0 Å². The number of aryl methyl sites for hydroxylation is 1. The van der Waals surface area contributed by atoms with Gasteiger partial charge in [0.1, 0.15) is 0 Å². The molecule has 0 unspecified atom stereocenters. The highest BCUT2D eigenvalue weighted by Crippen LogP contribution is 2.38. The van der Waals surface area contributed by atoms with Gasteiger partial charge in [-0.05, 0) is 41.1 Å². The van der Waals surface area contributed by atoms with Crippen molar-refractivity contribution in [3.8, 4) is 17.1 Å². The first-order valence-corrected chi connectivity index (χ1v) is 11.0. The van der Waals surface area contributed by atoms with Gasteiger partial charge < -0.3 is 20.1 Å². The number of aromatic nitrogens is 6. The number of methoxy groups -OCH3 is 1. The summed E-state index contributed by atoms with van der Waals surface area (Å²) in [6.45, 7) is 0.359. The summed E-state index contributed by atoms with van der Waals surface area (Å²) in [5.41, 5.74) is 5.48. The fourth-order valence-electron chi connectivity index (χ4n) is 4.16. The lowest BCUT2D eigenvalue weighted by Gasteiger charge is -2.16. The number of aliphatic hydroxyl groups excluding tert-OH is 1. The van der Waals surface area contributed by atoms with Gasteiger partial charge in [-0.3, -0.25) is 14.8 Å². The third kappa shape index (κ3) is 4.28. The van der Waals surface area contributed by atoms with Crippen LogP contribution in [0.1, 0.15) is 33.0 Å². The summed E-state index contributed by atoms with van der Waals surface area (Å²) < 4.78 is 5.71. The van der Waals surface area contributed by atoms with Crippen molar-refractivity contribution in [3.05, 3.63) is 70.8 Å². The van der Waals surface area contributed by atoms with E-state index in [-0.39, 0.29) is 12.5 Å². The molecule has 11 nitrogen and oxygen atoms in total. The lowest BCUT2D eigenvalue weighted by Crippen LogP contribution is -2.18. The Morgan fingerprint density at radius 2 is 2.00 bits per heavy atom. The molecule has 5 rings (SSSR count). The molecule has 11 heteroatoms. The van der Waals surface area contributed by atoms with E-state index in [4.69, 9.17) is 9.72 Å². The number of rotatable bonds is 7. The number of fused-ring (bicyclic) bond motifs is 1. The van der Waals surface area contributed by atoms with Crippen molar-refractivity contribution in [1.29, 1.82) is 0 Å². The lowest BCUT2D eigenvalue weighted by molar-refractivity contribution is 0.0817. The Morgan fingerprint density at radius 1 is 1.14 bits per heavy atom. The molecule has 3 aromatic heterocycles. The fourth-order valence-corrected chi connectivity index (χ4v) is 4.16. The van der Waals surface area contributed by atoms with Gasteiger partial charge in [-0.15, -0.1) is 10.2 Å². The quantitative estimate of drug-likeness (QED) is 0.415. The predicted molar refractivity (Wildman–Crippen MR) is 127 cm³/mol. The first kappa shape index (κ1) is 22.4. The van der Waals surface area contributed by atoms with Gasteiger partial charge in [0, 0.05) is 31.1 Å². The molecular formula is C24H24N8O3. The standard InChI is InChI=1S/C24H24N8O3/c1-31-12-20-21(24(31)34)19(11-16(26-20)10-15-9-14(13-33)7-8-25-15)27-18-6-4-5-17(22(18)35-3)23-28-30-32(2)29-23/h4-9,11,33H,10,12-13H2,1-3H3,(H,26,27). The summed E-state index contributed by atoms with van der Waals surface area (Å²) in [5, 5.41) is 25.1. The molecule has 35 heavy (non-hydrogen) atoms. The van der Waals surface area contributed by atoms with Gasteiger partial charge in [0.2, 0.25) is 5.82 Å². The average Bonchev–Trinajstić information content (AvgIpc) is 3.41. The zero-order valence-electron chi connectivity index (χ0n) is 19.6. The molecule has 178 valence electrons. The largest absolute Gasteiger partial charge is 0.494 e. The molecule has 0 radical (unpaired) electrons. The van der Waals surface area contributed by atoms with Gasteiger partial charge in [0.25, 0.3) is 5.91 Å². The highest BCUT2D eigenvalue weighted by atomic mass is 16.5. The van der Waals surface area contributed by atoms with Crippen LogP contribution in [0.2, 0.25) is 0 Å². The molecule has 0 saturated heterocycles. The first-order chi connectivity index (χ1) is 17.0. The molecule has 2 N–H and O–H groups in total. The van der Waals surface area contributed by atoms with Crippen LogP contribution in [0.15, 0.2) is 42.6 Å². The highest BCUT2D eigenvalue weighted by Gasteiger charge is 2.30. The van der Waals surface area contributed by atoms with Gasteiger partial charge in [-0.1, -0.05) is 6.07 Å². The number of nitrogens with one attached hydrogen (secondary N) is 1. The third-order valence-corrected chi connectivity index (χ3v) is 5.76. The Hall–Kier alpha value is -4.38. The number of nitrogens with zero attached hydrogens (tertiary/aromatic N) is 7. The molecule has 0 bridgehead atoms. The summed E-state index contributed by atoms with van der Waals surface area (Å²) in [4.78, 5) is 25.1. The van der Waals surface area contributed by atoms with Gasteiger partial charge in [-0.2, -0.15) is 4.80 Å². The monoisotopic (exact) mass is 472 g/mol. The van der Waals surface area contributed by atoms with Gasteiger partial charge in [-0.25, -0.2) is 0 Å². The molecule has 4 heterocycles. The zero-order chi connectivity index (χ0) is 24.5. The molecule has 0 saturated carbocycles. The van der Waals surface area contributed by atoms with Crippen molar-refractivity contribution in [2.75, 3.05) is 19.5 Å². The number of carbonyl (C=O) groups is 1. The Balaban J connectivity index is 1.56. The average molecular weight is 473 g/mol. The van der Waals surface area contributed by atoms with E-state index in [9.17, 15) is 9.90 Å². The normalized spacial score (nSPS) is 12.7. The van der Waals surface area contributed by atoms with E-state index < -0.39 is 0 Å². The van der Waals surface area contributed by atoms with Crippen LogP contribution in [0.25, 0.3) is 11.4 Å². The van der Waals surface area contributed by atoms with Crippen LogP contribution < -0.4 is 10.1 Å². The molecular weight excluding hydrogens is 448 g/mol. The summed E-state index contributed by atoms with van der Waals surface area (Å²) in [6.07, 6.45) is 2.12. The zero-order valence-corrected chi connectivity index (χ0v) is 19.6. The third-order valence-electron chi connectivity index (χ3n) is 5.76. The van der Waals surface area contributed by atoms with Crippen molar-refractivity contribution in [2.45, 2.75) is 19.6 Å². The molecule has 4 aromatic rings. The number of hydrogen-bond donors (Lipinski definition) is 2. The molecule has 0 fully saturated rings. The number of para-hydroxylation sites is 1. The van der Waals surface area contributed by atoms with E-state index in [0.29, 0.717) is 52.7 Å². The number of carbonyl (C=O) groups excluding carboxylic acids is 1. The Kier molecular flexibility index (Phi) is 5.83. The van der Waals surface area contributed by atoms with Crippen molar-refractivity contribution < 1.29 is 14.6 Å². The second kappa shape index (κ2) is 9.11. The molecule has 1 aliphatic rings. The van der Waals surface area contributed by atoms with E-state index in [1.165, 1.54) is 4.80 Å². The Labute approximate surface area is 201 Å². The summed E-state index contributed by atoms with van der Waals surface area (Å²) in [5.74, 6) is 0.857. The predicted octanol–water partition coefficient (Wildman–Crippen LogP) is 2.09. The van der Waals surface area contributed by atoms with E-state index in [0.717, 1.165) is 17.0 Å². The van der Waals surface area contributed by atoms with Gasteiger partial charge >= 0.3 is 0 Å². The van der Waals surface area contributed by atoms with Crippen molar-refractivity contribution in [1.82, 2.24) is 35.1 Å². The van der Waals surface area contributed by atoms with Crippen molar-refractivity contribution in [3.63, 3.8) is 0 Å². The van der Waals surface area contributed by atoms with Crippen LogP contribution in [0.3, 0.4) is 0 Å². The molecule has 1 aliphatic heterocycles. The smallest absolute Gasteiger partial charge is 0.257 e. The fraction of sp³-hybridized carbons (Fsp3) is 0.250. The highest BCUT2D eigenvalue weighted by molar-refractivity contribution is 6.03. The second-order valence-electron chi connectivity index (χ2n) is 8.25. The van der Waals surface area contributed by atoms with Crippen LogP contribution in [0, 0.1) is 0 Å². The number of aliphatic hydroxyl groups is 1. The van der Waals surface area contributed by atoms with E-state index >= 15 is 0 Å². The first-order valence-electron chi connectivity index (χ1n) is 11.0. The number of amides is 1. The molecule has 1 aromatic carbocycles. The maximum atomic E-state index is 12.9. The topological polar surface area (TPSA) is 131 Å². The lowest BCUT2D eigenvalue weighted by atomic mass is 10.1. The minimum absolute atomic E-state index is 0.0595. The van der Waals surface area contributed by atoms with Crippen LogP contribution in [0.4, 0.5) is 11.4 Å². The van der Waals surface area contributed by atoms with Crippen LogP contribution in [-0.2, 0) is 26.6 Å². The molecule has 0 aliphatic carbocycles. The van der Waals surface area contributed by atoms with E-state index in [1.54, 1.807) is 38.4 Å².